The summed E-state index contributed by atoms with van der Waals surface area (Å²) in [7, 11) is -1.17. The van der Waals surface area contributed by atoms with Crippen LogP contribution in [0.25, 0.3) is 16.2 Å². The summed E-state index contributed by atoms with van der Waals surface area (Å²) in [5, 5.41) is 1.87. The summed E-state index contributed by atoms with van der Waals surface area (Å²) in [6.07, 6.45) is -1.17. The highest BCUT2D eigenvalue weighted by atomic mass is 32.2. The van der Waals surface area contributed by atoms with E-state index in [4.69, 9.17) is 18.9 Å². The van der Waals surface area contributed by atoms with Crippen molar-refractivity contribution in [2.75, 3.05) is 20.8 Å². The Morgan fingerprint density at radius 3 is 2.60 bits per heavy atom. The van der Waals surface area contributed by atoms with Crippen molar-refractivity contribution < 1.29 is 35.5 Å². The summed E-state index contributed by atoms with van der Waals surface area (Å²) >= 11 is 1.39. The van der Waals surface area contributed by atoms with Gasteiger partial charge in [-0.15, -0.1) is 11.3 Å². The first-order valence-electron chi connectivity index (χ1n) is 12.0. The number of halogens is 3. The molecule has 0 aliphatic carbocycles. The molecule has 0 bridgehead atoms. The highest BCUT2D eigenvalue weighted by molar-refractivity contribution is 7.89. The number of fused-ring (bicyclic) bond motifs is 1. The number of thiazole rings is 1. The van der Waals surface area contributed by atoms with Crippen molar-refractivity contribution in [3.63, 3.8) is 0 Å². The topological polar surface area (TPSA) is 86.3 Å². The van der Waals surface area contributed by atoms with Crippen LogP contribution in [0, 0.1) is 0 Å². The monoisotopic (exact) mass is 591 g/mol. The van der Waals surface area contributed by atoms with E-state index in [0.717, 1.165) is 33.8 Å². The first kappa shape index (κ1) is 27.7. The second kappa shape index (κ2) is 11.0. The molecule has 0 atom stereocenters. The molecule has 0 radical (unpaired) electrons. The van der Waals surface area contributed by atoms with Crippen LogP contribution in [0.1, 0.15) is 17.0 Å². The van der Waals surface area contributed by atoms with Crippen LogP contribution in [0.3, 0.4) is 0 Å². The van der Waals surface area contributed by atoms with Gasteiger partial charge in [0, 0.05) is 35.8 Å². The zero-order valence-electron chi connectivity index (χ0n) is 21.4. The summed E-state index contributed by atoms with van der Waals surface area (Å²) in [6.45, 7) is -0.157. The fourth-order valence-electron chi connectivity index (χ4n) is 4.23. The average molecular weight is 592 g/mol. The van der Waals surface area contributed by atoms with Crippen LogP contribution in [0.15, 0.2) is 81.8 Å². The minimum absolute atomic E-state index is 0.0128. The normalized spacial score (nSPS) is 12.3. The molecule has 0 fully saturated rings. The van der Waals surface area contributed by atoms with Gasteiger partial charge in [-0.2, -0.15) is 17.5 Å². The number of hydrogen-bond donors (Lipinski definition) is 0. The van der Waals surface area contributed by atoms with E-state index in [0.29, 0.717) is 34.0 Å². The van der Waals surface area contributed by atoms with E-state index < -0.39 is 26.7 Å². The number of imidazole rings is 1. The number of sulfonamides is 1. The van der Waals surface area contributed by atoms with E-state index in [1.165, 1.54) is 17.6 Å². The molecule has 0 amide bonds. The van der Waals surface area contributed by atoms with Gasteiger partial charge in [-0.3, -0.25) is 4.40 Å². The first-order valence-corrected chi connectivity index (χ1v) is 14.3. The van der Waals surface area contributed by atoms with Crippen LogP contribution in [0.2, 0.25) is 0 Å². The number of alkyl halides is 3. The van der Waals surface area contributed by atoms with Gasteiger partial charge in [0.15, 0.2) is 4.96 Å². The maximum atomic E-state index is 13.6. The van der Waals surface area contributed by atoms with Crippen molar-refractivity contribution in [2.45, 2.75) is 24.0 Å². The molecular weight excluding hydrogens is 567 g/mol. The first-order chi connectivity index (χ1) is 19.1. The largest absolute Gasteiger partial charge is 0.497 e. The summed E-state index contributed by atoms with van der Waals surface area (Å²) in [4.78, 5) is 4.94. The molecule has 5 aromatic rings. The van der Waals surface area contributed by atoms with E-state index in [1.807, 2.05) is 22.0 Å². The van der Waals surface area contributed by atoms with Crippen molar-refractivity contribution in [2.24, 2.45) is 0 Å². The quantitative estimate of drug-likeness (QED) is 0.194. The van der Waals surface area contributed by atoms with Crippen molar-refractivity contribution >= 4 is 26.3 Å². The molecule has 210 valence electrons. The second-order valence-electron chi connectivity index (χ2n) is 8.77. The zero-order valence-corrected chi connectivity index (χ0v) is 23.0. The van der Waals surface area contributed by atoms with Crippen LogP contribution in [-0.4, -0.2) is 42.9 Å². The number of benzene rings is 2. The number of aromatic nitrogens is 2. The highest BCUT2D eigenvalue weighted by Crippen LogP contribution is 2.35. The molecule has 0 saturated carbocycles. The van der Waals surface area contributed by atoms with Crippen molar-refractivity contribution in [1.82, 2.24) is 13.7 Å². The Hall–Kier alpha value is -3.81. The number of hydrogen-bond acceptors (Lipinski definition) is 7. The molecule has 2 aromatic carbocycles. The third-order valence-electron chi connectivity index (χ3n) is 6.29. The Kier molecular flexibility index (Phi) is 7.62. The second-order valence-corrected chi connectivity index (χ2v) is 11.5. The number of furan rings is 1. The van der Waals surface area contributed by atoms with E-state index in [9.17, 15) is 21.6 Å². The van der Waals surface area contributed by atoms with Crippen LogP contribution in [-0.2, 0) is 29.2 Å². The molecule has 3 aromatic heterocycles. The summed E-state index contributed by atoms with van der Waals surface area (Å²) in [6, 6.07) is 12.3. The van der Waals surface area contributed by atoms with Crippen LogP contribution >= 0.6 is 11.3 Å². The van der Waals surface area contributed by atoms with E-state index in [-0.39, 0.29) is 19.5 Å². The number of methoxy groups -OCH3 is 2. The van der Waals surface area contributed by atoms with E-state index in [1.54, 1.807) is 38.5 Å². The zero-order chi connectivity index (χ0) is 28.5. The van der Waals surface area contributed by atoms with Gasteiger partial charge in [0.1, 0.15) is 17.3 Å². The fourth-order valence-corrected chi connectivity index (χ4v) is 6.60. The van der Waals surface area contributed by atoms with Gasteiger partial charge in [-0.1, -0.05) is 6.07 Å². The van der Waals surface area contributed by atoms with Crippen molar-refractivity contribution in [3.05, 3.63) is 89.5 Å². The lowest BCUT2D eigenvalue weighted by Gasteiger charge is -2.22. The summed E-state index contributed by atoms with van der Waals surface area (Å²) in [5.41, 5.74) is 1.12. The molecule has 0 aliphatic heterocycles. The molecule has 13 heteroatoms. The third-order valence-corrected chi connectivity index (χ3v) is 9.02. The average Bonchev–Trinajstić information content (AvgIpc) is 3.69. The summed E-state index contributed by atoms with van der Waals surface area (Å²) in [5.74, 6) is 1.62. The molecule has 5 rings (SSSR count). The lowest BCUT2D eigenvalue weighted by Crippen LogP contribution is -2.32. The molecule has 0 spiro atoms. The van der Waals surface area contributed by atoms with Crippen LogP contribution in [0.5, 0.6) is 11.5 Å². The van der Waals surface area contributed by atoms with Gasteiger partial charge in [0.05, 0.1) is 43.2 Å². The van der Waals surface area contributed by atoms with Crippen molar-refractivity contribution in [1.29, 1.82) is 0 Å². The molecule has 0 N–H and O–H groups in total. The van der Waals surface area contributed by atoms with E-state index in [2.05, 4.69) is 0 Å². The maximum Gasteiger partial charge on any atom is 0.416 e. The molecule has 0 aliphatic rings. The Morgan fingerprint density at radius 2 is 1.90 bits per heavy atom. The standard InChI is InChI=1S/C27H24F3N3O5S2/c1-36-20-8-9-25(37-2)23(14-20)24-16-33-19(17-39-26(33)31-24)10-11-32(15-21-6-4-12-38-21)40(34,35)22-7-3-5-18(13-22)27(28,29)30/h3-9,12-14,16-17H,10-11,15H2,1-2H3. The predicted octanol–water partition coefficient (Wildman–Crippen LogP) is 6.13. The highest BCUT2D eigenvalue weighted by Gasteiger charge is 2.33. The molecule has 8 nitrogen and oxygen atoms in total. The Labute approximate surface area is 232 Å². The smallest absolute Gasteiger partial charge is 0.416 e. The predicted molar refractivity (Wildman–Crippen MR) is 143 cm³/mol. The molecule has 0 unspecified atom stereocenters. The minimum atomic E-state index is -4.68. The van der Waals surface area contributed by atoms with Crippen molar-refractivity contribution in [3.8, 4) is 22.8 Å². The van der Waals surface area contributed by atoms with Gasteiger partial charge in [-0.05, 0) is 48.5 Å². The SMILES string of the molecule is COc1ccc(OC)c(-c2cn3c(CCN(Cc4ccco4)S(=O)(=O)c4cccc(C(F)(F)F)c4)csc3n2)c1. The lowest BCUT2D eigenvalue weighted by molar-refractivity contribution is -0.137. The van der Waals surface area contributed by atoms with E-state index >= 15 is 0 Å². The van der Waals surface area contributed by atoms with Gasteiger partial charge in [0.2, 0.25) is 10.0 Å². The van der Waals surface area contributed by atoms with Gasteiger partial charge < -0.3 is 13.9 Å². The molecule has 0 saturated heterocycles. The van der Waals surface area contributed by atoms with Gasteiger partial charge in [0.25, 0.3) is 0 Å². The number of rotatable bonds is 10. The minimum Gasteiger partial charge on any atom is -0.497 e. The Balaban J connectivity index is 1.45. The molecule has 40 heavy (non-hydrogen) atoms. The van der Waals surface area contributed by atoms with Gasteiger partial charge >= 0.3 is 6.18 Å². The molecule has 3 heterocycles. The van der Waals surface area contributed by atoms with Crippen LogP contribution < -0.4 is 9.47 Å². The number of nitrogens with zero attached hydrogens (tertiary/aromatic N) is 3. The summed E-state index contributed by atoms with van der Waals surface area (Å²) < 4.78 is 86.2. The maximum absolute atomic E-state index is 13.6. The van der Waals surface area contributed by atoms with Gasteiger partial charge in [-0.25, -0.2) is 13.4 Å². The Morgan fingerprint density at radius 1 is 1.07 bits per heavy atom. The fraction of sp³-hybridized carbons (Fsp3) is 0.222. The molecular formula is C27H24F3N3O5S2. The lowest BCUT2D eigenvalue weighted by atomic mass is 10.1. The third kappa shape index (κ3) is 5.58. The Bertz CT molecular complexity index is 1730. The number of ether oxygens (including phenoxy) is 2. The van der Waals surface area contributed by atoms with Crippen LogP contribution in [0.4, 0.5) is 13.2 Å².